The molecule has 0 saturated carbocycles. The lowest BCUT2D eigenvalue weighted by Crippen LogP contribution is -2.22. The van der Waals surface area contributed by atoms with Gasteiger partial charge in [-0.05, 0) is 31.2 Å². The fourth-order valence-corrected chi connectivity index (χ4v) is 1.59. The second-order valence-corrected chi connectivity index (χ2v) is 4.45. The molecular weight excluding hydrogens is 282 g/mol. The molecule has 1 aromatic heterocycles. The Labute approximate surface area is 120 Å². The Morgan fingerprint density at radius 1 is 1.20 bits per heavy atom. The minimum atomic E-state index is -1.02. The van der Waals surface area contributed by atoms with E-state index in [9.17, 15) is 4.79 Å². The van der Waals surface area contributed by atoms with Gasteiger partial charge in [0.2, 0.25) is 0 Å². The smallest absolute Gasteiger partial charge is 0.344 e. The minimum Gasteiger partial charge on any atom is -0.479 e. The highest BCUT2D eigenvalue weighted by Crippen LogP contribution is 2.25. The van der Waals surface area contributed by atoms with Crippen molar-refractivity contribution in [1.29, 1.82) is 0 Å². The number of hydrogen-bond donors (Lipinski definition) is 1. The van der Waals surface area contributed by atoms with Gasteiger partial charge in [0, 0.05) is 12.3 Å². The fourth-order valence-electron chi connectivity index (χ4n) is 1.43. The number of carboxylic acid groups (broad SMARTS) is 1. The van der Waals surface area contributed by atoms with Gasteiger partial charge in [0.1, 0.15) is 17.2 Å². The molecule has 1 atom stereocenters. The van der Waals surface area contributed by atoms with Crippen molar-refractivity contribution in [2.75, 3.05) is 0 Å². The average molecular weight is 294 g/mol. The predicted octanol–water partition coefficient (Wildman–Crippen LogP) is 3.38. The summed E-state index contributed by atoms with van der Waals surface area (Å²) in [6.45, 7) is 1.46. The summed E-state index contributed by atoms with van der Waals surface area (Å²) < 4.78 is 10.8. The molecule has 0 aliphatic heterocycles. The van der Waals surface area contributed by atoms with Gasteiger partial charge < -0.3 is 14.6 Å². The first kappa shape index (κ1) is 14.1. The van der Waals surface area contributed by atoms with Crippen LogP contribution < -0.4 is 9.47 Å². The van der Waals surface area contributed by atoms with Crippen molar-refractivity contribution in [2.45, 2.75) is 13.0 Å². The quantitative estimate of drug-likeness (QED) is 0.915. The molecule has 1 aromatic carbocycles. The van der Waals surface area contributed by atoms with Gasteiger partial charge in [-0.2, -0.15) is 0 Å². The van der Waals surface area contributed by atoms with Crippen LogP contribution in [0, 0.1) is 0 Å². The number of carbonyl (C=O) groups is 1. The van der Waals surface area contributed by atoms with Crippen LogP contribution in [0.3, 0.4) is 0 Å². The molecule has 0 fully saturated rings. The van der Waals surface area contributed by atoms with Crippen molar-refractivity contribution in [3.8, 4) is 17.2 Å². The van der Waals surface area contributed by atoms with Gasteiger partial charge >= 0.3 is 5.97 Å². The molecule has 104 valence electrons. The van der Waals surface area contributed by atoms with Crippen molar-refractivity contribution in [3.05, 3.63) is 47.7 Å². The minimum absolute atomic E-state index is 0.455. The number of halogens is 1. The molecule has 6 heteroatoms. The average Bonchev–Trinajstić information content (AvgIpc) is 2.41. The Balaban J connectivity index is 2.03. The number of pyridine rings is 1. The van der Waals surface area contributed by atoms with E-state index in [4.69, 9.17) is 26.2 Å². The summed E-state index contributed by atoms with van der Waals surface area (Å²) in [6, 6.07) is 8.25. The first-order chi connectivity index (χ1) is 9.54. The molecule has 2 aromatic rings. The molecule has 1 heterocycles. The number of carboxylic acids is 1. The third-order valence-electron chi connectivity index (χ3n) is 2.40. The fraction of sp³-hybridized carbons (Fsp3) is 0.143. The van der Waals surface area contributed by atoms with Crippen LogP contribution in [-0.4, -0.2) is 22.2 Å². The summed E-state index contributed by atoms with van der Waals surface area (Å²) in [5.41, 5.74) is 0. The van der Waals surface area contributed by atoms with E-state index < -0.39 is 12.1 Å². The number of rotatable bonds is 5. The standard InChI is InChI=1S/C14H12ClNO4/c1-9(14(17)18)19-11-2-4-12(5-3-11)20-13-6-10(15)7-16-8-13/h2-9H,1H3,(H,17,18)/t9-/m1/s1. The molecule has 0 amide bonds. The van der Waals surface area contributed by atoms with Crippen LogP contribution in [0.1, 0.15) is 6.92 Å². The summed E-state index contributed by atoms with van der Waals surface area (Å²) >= 11 is 5.81. The van der Waals surface area contributed by atoms with Crippen molar-refractivity contribution < 1.29 is 19.4 Å². The lowest BCUT2D eigenvalue weighted by atomic mass is 10.3. The lowest BCUT2D eigenvalue weighted by molar-refractivity contribution is -0.144. The second-order valence-electron chi connectivity index (χ2n) is 4.01. The highest BCUT2D eigenvalue weighted by atomic mass is 35.5. The molecule has 0 spiro atoms. The molecule has 2 rings (SSSR count). The highest BCUT2D eigenvalue weighted by molar-refractivity contribution is 6.30. The Kier molecular flexibility index (Phi) is 4.42. The lowest BCUT2D eigenvalue weighted by Gasteiger charge is -2.11. The molecule has 0 aliphatic carbocycles. The zero-order valence-electron chi connectivity index (χ0n) is 10.6. The maximum absolute atomic E-state index is 10.7. The molecule has 0 unspecified atom stereocenters. The Hall–Kier alpha value is -2.27. The van der Waals surface area contributed by atoms with Gasteiger partial charge in [-0.25, -0.2) is 4.79 Å². The maximum atomic E-state index is 10.7. The van der Waals surface area contributed by atoms with Gasteiger partial charge in [-0.15, -0.1) is 0 Å². The second kappa shape index (κ2) is 6.25. The molecule has 0 saturated heterocycles. The SMILES string of the molecule is C[C@@H](Oc1ccc(Oc2cncc(Cl)c2)cc1)C(=O)O. The van der Waals surface area contributed by atoms with E-state index in [1.807, 2.05) is 0 Å². The van der Waals surface area contributed by atoms with Crippen LogP contribution in [0.25, 0.3) is 0 Å². The van der Waals surface area contributed by atoms with Gasteiger partial charge in [0.15, 0.2) is 6.10 Å². The van der Waals surface area contributed by atoms with E-state index in [0.717, 1.165) is 0 Å². The number of aliphatic carboxylic acids is 1. The summed E-state index contributed by atoms with van der Waals surface area (Å²) in [5.74, 6) is 0.529. The van der Waals surface area contributed by atoms with Crippen molar-refractivity contribution in [3.63, 3.8) is 0 Å². The first-order valence-corrected chi connectivity index (χ1v) is 6.20. The predicted molar refractivity (Wildman–Crippen MR) is 73.5 cm³/mol. The Bertz CT molecular complexity index is 600. The van der Waals surface area contributed by atoms with E-state index in [-0.39, 0.29) is 0 Å². The number of ether oxygens (including phenoxy) is 2. The molecule has 0 bridgehead atoms. The van der Waals surface area contributed by atoms with Crippen LogP contribution in [0.2, 0.25) is 5.02 Å². The molecule has 0 aliphatic rings. The summed E-state index contributed by atoms with van der Waals surface area (Å²) in [4.78, 5) is 14.6. The number of nitrogens with zero attached hydrogens (tertiary/aromatic N) is 1. The monoisotopic (exact) mass is 293 g/mol. The van der Waals surface area contributed by atoms with E-state index in [2.05, 4.69) is 4.98 Å². The van der Waals surface area contributed by atoms with Gasteiger partial charge in [-0.1, -0.05) is 11.6 Å². The zero-order valence-corrected chi connectivity index (χ0v) is 11.4. The van der Waals surface area contributed by atoms with Crippen molar-refractivity contribution >= 4 is 17.6 Å². The van der Waals surface area contributed by atoms with Crippen LogP contribution in [-0.2, 0) is 4.79 Å². The van der Waals surface area contributed by atoms with Gasteiger partial charge in [0.25, 0.3) is 0 Å². The van der Waals surface area contributed by atoms with Crippen molar-refractivity contribution in [2.24, 2.45) is 0 Å². The Morgan fingerprint density at radius 3 is 2.45 bits per heavy atom. The number of aromatic nitrogens is 1. The van der Waals surface area contributed by atoms with Crippen LogP contribution in [0.4, 0.5) is 0 Å². The highest BCUT2D eigenvalue weighted by Gasteiger charge is 2.12. The summed E-state index contributed by atoms with van der Waals surface area (Å²) in [7, 11) is 0. The number of hydrogen-bond acceptors (Lipinski definition) is 4. The maximum Gasteiger partial charge on any atom is 0.344 e. The zero-order chi connectivity index (χ0) is 14.5. The van der Waals surface area contributed by atoms with Crippen LogP contribution in [0.15, 0.2) is 42.7 Å². The van der Waals surface area contributed by atoms with E-state index in [1.165, 1.54) is 13.1 Å². The first-order valence-electron chi connectivity index (χ1n) is 5.82. The van der Waals surface area contributed by atoms with Crippen LogP contribution in [0.5, 0.6) is 17.2 Å². The van der Waals surface area contributed by atoms with Gasteiger partial charge in [-0.3, -0.25) is 4.98 Å². The topological polar surface area (TPSA) is 68.7 Å². The molecular formula is C14H12ClNO4. The van der Waals surface area contributed by atoms with E-state index >= 15 is 0 Å². The Morgan fingerprint density at radius 2 is 1.85 bits per heavy atom. The third-order valence-corrected chi connectivity index (χ3v) is 2.61. The molecule has 5 nitrogen and oxygen atoms in total. The molecule has 20 heavy (non-hydrogen) atoms. The molecule has 0 radical (unpaired) electrons. The van der Waals surface area contributed by atoms with Crippen LogP contribution >= 0.6 is 11.6 Å². The molecule has 1 N–H and O–H groups in total. The van der Waals surface area contributed by atoms with Crippen molar-refractivity contribution in [1.82, 2.24) is 4.98 Å². The number of benzene rings is 1. The summed E-state index contributed by atoms with van der Waals surface area (Å²) in [6.07, 6.45) is 2.15. The third kappa shape index (κ3) is 3.86. The van der Waals surface area contributed by atoms with Gasteiger partial charge in [0.05, 0.1) is 11.2 Å². The normalized spacial score (nSPS) is 11.7. The largest absolute Gasteiger partial charge is 0.479 e. The van der Waals surface area contributed by atoms with E-state index in [1.54, 1.807) is 36.5 Å². The van der Waals surface area contributed by atoms with E-state index in [0.29, 0.717) is 22.3 Å². The summed E-state index contributed by atoms with van der Waals surface area (Å²) in [5, 5.41) is 9.23.